The lowest BCUT2D eigenvalue weighted by Gasteiger charge is -2.33. The van der Waals surface area contributed by atoms with Crippen molar-refractivity contribution in [3.8, 4) is 0 Å². The molecule has 1 saturated heterocycles. The molecule has 1 aromatic heterocycles. The lowest BCUT2D eigenvalue weighted by molar-refractivity contribution is 0.155. The Bertz CT molecular complexity index is 330. The quantitative estimate of drug-likeness (QED) is 0.782. The Labute approximate surface area is 98.4 Å². The molecule has 1 unspecified atom stereocenters. The fourth-order valence-electron chi connectivity index (χ4n) is 2.56. The molecule has 0 radical (unpaired) electrons. The van der Waals surface area contributed by atoms with E-state index in [4.69, 9.17) is 0 Å². The number of hydrogen-bond donors (Lipinski definition) is 0. The summed E-state index contributed by atoms with van der Waals surface area (Å²) in [7, 11) is 0. The first-order valence-corrected chi connectivity index (χ1v) is 6.38. The third-order valence-electron chi connectivity index (χ3n) is 3.21. The second kappa shape index (κ2) is 5.00. The molecule has 1 aromatic rings. The summed E-state index contributed by atoms with van der Waals surface area (Å²) in [5, 5.41) is 4.44. The normalized spacial score (nSPS) is 22.9. The molecule has 0 spiro atoms. The van der Waals surface area contributed by atoms with Gasteiger partial charge in [0.15, 0.2) is 0 Å². The van der Waals surface area contributed by atoms with E-state index in [1.54, 1.807) is 0 Å². The molecule has 0 aliphatic carbocycles. The SMILES string of the molecule is Cc1cnn(C2CCCN(CC(C)C)C2)c1. The van der Waals surface area contributed by atoms with E-state index in [1.165, 1.54) is 38.0 Å². The lowest BCUT2D eigenvalue weighted by Crippen LogP contribution is -2.38. The van der Waals surface area contributed by atoms with Crippen LogP contribution >= 0.6 is 0 Å². The van der Waals surface area contributed by atoms with Crippen LogP contribution in [0.5, 0.6) is 0 Å². The third kappa shape index (κ3) is 2.85. The van der Waals surface area contributed by atoms with Crippen LogP contribution in [0.2, 0.25) is 0 Å². The Hall–Kier alpha value is -0.830. The lowest BCUT2D eigenvalue weighted by atomic mass is 10.0. The zero-order valence-corrected chi connectivity index (χ0v) is 10.7. The molecule has 1 aliphatic heterocycles. The molecule has 0 saturated carbocycles. The van der Waals surface area contributed by atoms with Crippen molar-refractivity contribution in [3.05, 3.63) is 18.0 Å². The van der Waals surface area contributed by atoms with Crippen LogP contribution in [0.1, 0.15) is 38.3 Å². The second-order valence-electron chi connectivity index (χ2n) is 5.45. The summed E-state index contributed by atoms with van der Waals surface area (Å²) >= 11 is 0. The molecule has 3 nitrogen and oxygen atoms in total. The van der Waals surface area contributed by atoms with E-state index < -0.39 is 0 Å². The Morgan fingerprint density at radius 1 is 1.50 bits per heavy atom. The molecule has 1 atom stereocenters. The summed E-state index contributed by atoms with van der Waals surface area (Å²) in [5.41, 5.74) is 1.26. The summed E-state index contributed by atoms with van der Waals surface area (Å²) in [5.74, 6) is 0.762. The van der Waals surface area contributed by atoms with Gasteiger partial charge in [-0.25, -0.2) is 0 Å². The van der Waals surface area contributed by atoms with Crippen LogP contribution in [0, 0.1) is 12.8 Å². The predicted molar refractivity (Wildman–Crippen MR) is 66.5 cm³/mol. The van der Waals surface area contributed by atoms with Crippen molar-refractivity contribution in [2.45, 2.75) is 39.7 Å². The zero-order valence-electron chi connectivity index (χ0n) is 10.7. The number of piperidine rings is 1. The smallest absolute Gasteiger partial charge is 0.0646 e. The van der Waals surface area contributed by atoms with E-state index in [0.717, 1.165) is 5.92 Å². The molecule has 0 N–H and O–H groups in total. The number of rotatable bonds is 3. The summed E-state index contributed by atoms with van der Waals surface area (Å²) in [6, 6.07) is 0.584. The molecule has 1 fully saturated rings. The van der Waals surface area contributed by atoms with Gasteiger partial charge in [-0.15, -0.1) is 0 Å². The molecule has 90 valence electrons. The molecule has 0 amide bonds. The van der Waals surface area contributed by atoms with Gasteiger partial charge in [-0.3, -0.25) is 4.68 Å². The maximum absolute atomic E-state index is 4.44. The number of likely N-dealkylation sites (tertiary alicyclic amines) is 1. The minimum Gasteiger partial charge on any atom is -0.301 e. The number of nitrogens with zero attached hydrogens (tertiary/aromatic N) is 3. The minimum absolute atomic E-state index is 0.584. The number of hydrogen-bond acceptors (Lipinski definition) is 2. The van der Waals surface area contributed by atoms with Gasteiger partial charge in [0.25, 0.3) is 0 Å². The monoisotopic (exact) mass is 221 g/mol. The first-order chi connectivity index (χ1) is 7.65. The van der Waals surface area contributed by atoms with Crippen molar-refractivity contribution in [2.24, 2.45) is 5.92 Å². The minimum atomic E-state index is 0.584. The van der Waals surface area contributed by atoms with Crippen molar-refractivity contribution in [1.82, 2.24) is 14.7 Å². The largest absolute Gasteiger partial charge is 0.301 e. The van der Waals surface area contributed by atoms with E-state index in [9.17, 15) is 0 Å². The van der Waals surface area contributed by atoms with Crippen LogP contribution in [-0.4, -0.2) is 34.3 Å². The molecule has 2 heterocycles. The van der Waals surface area contributed by atoms with Gasteiger partial charge in [0.05, 0.1) is 12.2 Å². The highest BCUT2D eigenvalue weighted by Crippen LogP contribution is 2.21. The maximum atomic E-state index is 4.44. The van der Waals surface area contributed by atoms with Gasteiger partial charge in [0.2, 0.25) is 0 Å². The van der Waals surface area contributed by atoms with Crippen LogP contribution < -0.4 is 0 Å². The van der Waals surface area contributed by atoms with Gasteiger partial charge in [-0.2, -0.15) is 5.10 Å². The zero-order chi connectivity index (χ0) is 11.5. The molecule has 2 rings (SSSR count). The summed E-state index contributed by atoms with van der Waals surface area (Å²) in [4.78, 5) is 2.58. The maximum Gasteiger partial charge on any atom is 0.0646 e. The topological polar surface area (TPSA) is 21.1 Å². The van der Waals surface area contributed by atoms with Crippen molar-refractivity contribution < 1.29 is 0 Å². The highest BCUT2D eigenvalue weighted by molar-refractivity contribution is 5.01. The van der Waals surface area contributed by atoms with E-state index in [2.05, 4.69) is 41.6 Å². The van der Waals surface area contributed by atoms with Gasteiger partial charge in [-0.05, 0) is 37.8 Å². The van der Waals surface area contributed by atoms with E-state index in [-0.39, 0.29) is 0 Å². The third-order valence-corrected chi connectivity index (χ3v) is 3.21. The van der Waals surface area contributed by atoms with Crippen LogP contribution in [0.4, 0.5) is 0 Å². The summed E-state index contributed by atoms with van der Waals surface area (Å²) in [6.45, 7) is 10.3. The van der Waals surface area contributed by atoms with Gasteiger partial charge < -0.3 is 4.90 Å². The van der Waals surface area contributed by atoms with Crippen LogP contribution in [0.3, 0.4) is 0 Å². The van der Waals surface area contributed by atoms with Crippen molar-refractivity contribution in [1.29, 1.82) is 0 Å². The Kier molecular flexibility index (Phi) is 3.64. The fourth-order valence-corrected chi connectivity index (χ4v) is 2.56. The van der Waals surface area contributed by atoms with Crippen LogP contribution in [0.25, 0.3) is 0 Å². The molecule has 0 bridgehead atoms. The number of aryl methyl sites for hydroxylation is 1. The van der Waals surface area contributed by atoms with E-state index in [0.29, 0.717) is 6.04 Å². The highest BCUT2D eigenvalue weighted by atomic mass is 15.3. The molecule has 1 aliphatic rings. The van der Waals surface area contributed by atoms with E-state index >= 15 is 0 Å². The first-order valence-electron chi connectivity index (χ1n) is 6.38. The van der Waals surface area contributed by atoms with Gasteiger partial charge in [-0.1, -0.05) is 13.8 Å². The first kappa shape index (κ1) is 11.6. The number of aromatic nitrogens is 2. The molecule has 0 aromatic carbocycles. The Balaban J connectivity index is 1.96. The summed E-state index contributed by atoms with van der Waals surface area (Å²) in [6.07, 6.45) is 6.71. The Morgan fingerprint density at radius 3 is 2.94 bits per heavy atom. The van der Waals surface area contributed by atoms with Crippen LogP contribution in [-0.2, 0) is 0 Å². The van der Waals surface area contributed by atoms with Crippen molar-refractivity contribution >= 4 is 0 Å². The molecule has 3 heteroatoms. The molecule has 16 heavy (non-hydrogen) atoms. The van der Waals surface area contributed by atoms with Crippen molar-refractivity contribution in [3.63, 3.8) is 0 Å². The molecular formula is C13H23N3. The van der Waals surface area contributed by atoms with Gasteiger partial charge in [0.1, 0.15) is 0 Å². The Morgan fingerprint density at radius 2 is 2.31 bits per heavy atom. The van der Waals surface area contributed by atoms with Crippen LogP contribution in [0.15, 0.2) is 12.4 Å². The van der Waals surface area contributed by atoms with E-state index in [1.807, 2.05) is 6.20 Å². The molecular weight excluding hydrogens is 198 g/mol. The second-order valence-corrected chi connectivity index (χ2v) is 5.45. The standard InChI is InChI=1S/C13H23N3/c1-11(2)8-15-6-4-5-13(10-15)16-9-12(3)7-14-16/h7,9,11,13H,4-6,8,10H2,1-3H3. The fraction of sp³-hybridized carbons (Fsp3) is 0.769. The summed E-state index contributed by atoms with van der Waals surface area (Å²) < 4.78 is 2.15. The average molecular weight is 221 g/mol. The van der Waals surface area contributed by atoms with Gasteiger partial charge in [0, 0.05) is 19.3 Å². The average Bonchev–Trinajstić information content (AvgIpc) is 2.64. The van der Waals surface area contributed by atoms with Crippen molar-refractivity contribution in [2.75, 3.05) is 19.6 Å². The van der Waals surface area contributed by atoms with Gasteiger partial charge >= 0.3 is 0 Å². The highest BCUT2D eigenvalue weighted by Gasteiger charge is 2.21. The predicted octanol–water partition coefficient (Wildman–Crippen LogP) is 2.48.